The lowest BCUT2D eigenvalue weighted by Gasteiger charge is -2.15. The smallest absolute Gasteiger partial charge is 0.224 e. The van der Waals surface area contributed by atoms with E-state index in [2.05, 4.69) is 22.8 Å². The largest absolute Gasteiger partial charge is 0.493 e. The number of nitrogens with one attached hydrogen (secondary N) is 1. The molecule has 1 N–H and O–H groups in total. The van der Waals surface area contributed by atoms with E-state index < -0.39 is 0 Å². The molecular weight excluding hydrogens is 450 g/mol. The number of rotatable bonds is 8. The fraction of sp³-hybridized carbons (Fsp3) is 0.292. The van der Waals surface area contributed by atoms with Crippen LogP contribution in [0.4, 0.5) is 0 Å². The second-order valence-corrected chi connectivity index (χ2v) is 8.60. The van der Waals surface area contributed by atoms with E-state index in [1.54, 1.807) is 44.8 Å². The number of halogens is 1. The molecule has 4 rings (SSSR count). The lowest BCUT2D eigenvalue weighted by molar-refractivity contribution is -0.120. The van der Waals surface area contributed by atoms with Crippen LogP contribution >= 0.6 is 22.9 Å². The Morgan fingerprint density at radius 3 is 2.50 bits per heavy atom. The molecule has 1 aromatic heterocycles. The van der Waals surface area contributed by atoms with Crippen LogP contribution in [0, 0.1) is 0 Å². The molecule has 2 heterocycles. The highest BCUT2D eigenvalue weighted by Gasteiger charge is 2.26. The van der Waals surface area contributed by atoms with Gasteiger partial charge in [0.25, 0.3) is 0 Å². The topological polar surface area (TPSA) is 66.0 Å². The predicted octanol–water partition coefficient (Wildman–Crippen LogP) is 4.76. The van der Waals surface area contributed by atoms with E-state index in [0.29, 0.717) is 41.0 Å². The van der Waals surface area contributed by atoms with Crippen molar-refractivity contribution in [2.24, 2.45) is 0 Å². The highest BCUT2D eigenvalue weighted by Crippen LogP contribution is 2.40. The van der Waals surface area contributed by atoms with Crippen molar-refractivity contribution in [3.05, 3.63) is 57.2 Å². The Labute approximate surface area is 196 Å². The molecule has 0 fully saturated rings. The van der Waals surface area contributed by atoms with Crippen LogP contribution in [0.3, 0.4) is 0 Å². The average Bonchev–Trinajstić information content (AvgIpc) is 3.47. The molecule has 168 valence electrons. The number of hydrogen-bond acceptors (Lipinski definition) is 6. The van der Waals surface area contributed by atoms with Crippen LogP contribution < -0.4 is 24.3 Å². The monoisotopic (exact) mass is 473 g/mol. The number of methoxy groups -OCH3 is 3. The third kappa shape index (κ3) is 4.64. The summed E-state index contributed by atoms with van der Waals surface area (Å²) in [5, 5.41) is 7.68. The number of hydrogen-bond donors (Lipinski definition) is 1. The van der Waals surface area contributed by atoms with Crippen molar-refractivity contribution in [1.29, 1.82) is 0 Å². The van der Waals surface area contributed by atoms with Crippen molar-refractivity contribution >= 4 is 28.8 Å². The second kappa shape index (κ2) is 9.71. The SMILES string of the molecule is COc1cc(CC(=O)NCC2Cc3cc(-c4ccsc4)cc(Cl)c3O2)cc(OC)c1OC. The third-order valence-corrected chi connectivity index (χ3v) is 6.29. The quantitative estimate of drug-likeness (QED) is 0.511. The summed E-state index contributed by atoms with van der Waals surface area (Å²) in [6.07, 6.45) is 0.709. The predicted molar refractivity (Wildman–Crippen MR) is 126 cm³/mol. The molecule has 32 heavy (non-hydrogen) atoms. The number of ether oxygens (including phenoxy) is 4. The van der Waals surface area contributed by atoms with E-state index >= 15 is 0 Å². The Morgan fingerprint density at radius 1 is 1.12 bits per heavy atom. The fourth-order valence-corrected chi connectivity index (χ4v) is 4.76. The summed E-state index contributed by atoms with van der Waals surface area (Å²) in [6.45, 7) is 0.391. The number of thiophene rings is 1. The normalized spacial score (nSPS) is 14.4. The summed E-state index contributed by atoms with van der Waals surface area (Å²) in [7, 11) is 4.64. The lowest BCUT2D eigenvalue weighted by Crippen LogP contribution is -2.35. The Kier molecular flexibility index (Phi) is 6.77. The van der Waals surface area contributed by atoms with Gasteiger partial charge in [-0.15, -0.1) is 0 Å². The molecule has 1 unspecified atom stereocenters. The van der Waals surface area contributed by atoms with Crippen LogP contribution in [0.2, 0.25) is 5.02 Å². The van der Waals surface area contributed by atoms with Crippen LogP contribution in [0.1, 0.15) is 11.1 Å². The Bertz CT molecular complexity index is 1090. The van der Waals surface area contributed by atoms with Crippen LogP contribution in [-0.2, 0) is 17.6 Å². The number of amides is 1. The molecular formula is C24H24ClNO5S. The maximum absolute atomic E-state index is 12.6. The molecule has 0 aliphatic carbocycles. The van der Waals surface area contributed by atoms with E-state index in [-0.39, 0.29) is 18.4 Å². The van der Waals surface area contributed by atoms with E-state index in [4.69, 9.17) is 30.5 Å². The van der Waals surface area contributed by atoms with E-state index in [1.807, 2.05) is 11.4 Å². The second-order valence-electron chi connectivity index (χ2n) is 7.42. The molecule has 0 saturated heterocycles. The summed E-state index contributed by atoms with van der Waals surface area (Å²) < 4.78 is 22.1. The molecule has 1 atom stereocenters. The summed E-state index contributed by atoms with van der Waals surface area (Å²) >= 11 is 8.11. The summed E-state index contributed by atoms with van der Waals surface area (Å²) in [6, 6.07) is 9.65. The van der Waals surface area contributed by atoms with Crippen molar-refractivity contribution in [2.45, 2.75) is 18.9 Å². The molecule has 1 aliphatic heterocycles. The lowest BCUT2D eigenvalue weighted by atomic mass is 10.0. The van der Waals surface area contributed by atoms with Crippen molar-refractivity contribution in [3.8, 4) is 34.1 Å². The molecule has 3 aromatic rings. The van der Waals surface area contributed by atoms with E-state index in [0.717, 1.165) is 22.3 Å². The molecule has 0 spiro atoms. The molecule has 1 aliphatic rings. The zero-order valence-electron chi connectivity index (χ0n) is 18.1. The highest BCUT2D eigenvalue weighted by atomic mass is 35.5. The summed E-state index contributed by atoms with van der Waals surface area (Å²) in [5.74, 6) is 2.11. The number of fused-ring (bicyclic) bond motifs is 1. The summed E-state index contributed by atoms with van der Waals surface area (Å²) in [4.78, 5) is 12.6. The van der Waals surface area contributed by atoms with Gasteiger partial charge < -0.3 is 24.3 Å². The van der Waals surface area contributed by atoms with Gasteiger partial charge >= 0.3 is 0 Å². The van der Waals surface area contributed by atoms with Gasteiger partial charge in [-0.3, -0.25) is 4.79 Å². The molecule has 2 aromatic carbocycles. The highest BCUT2D eigenvalue weighted by molar-refractivity contribution is 7.08. The first kappa shape index (κ1) is 22.3. The minimum Gasteiger partial charge on any atom is -0.493 e. The minimum atomic E-state index is -0.163. The van der Waals surface area contributed by atoms with Gasteiger partial charge in [-0.2, -0.15) is 11.3 Å². The van der Waals surface area contributed by atoms with Crippen molar-refractivity contribution in [1.82, 2.24) is 5.32 Å². The molecule has 6 nitrogen and oxygen atoms in total. The van der Waals surface area contributed by atoms with Crippen LogP contribution in [0.15, 0.2) is 41.1 Å². The van der Waals surface area contributed by atoms with Crippen LogP contribution in [0.25, 0.3) is 11.1 Å². The average molecular weight is 474 g/mol. The standard InChI is InChI=1S/C24H24ClNO5S/c1-28-20-6-14(7-21(29-2)24(20)30-3)8-22(27)26-12-18-10-17-9-16(15-4-5-32-13-15)11-19(25)23(17)31-18/h4-7,9,11,13,18H,8,10,12H2,1-3H3,(H,26,27). The minimum absolute atomic E-state index is 0.121. The Hall–Kier alpha value is -2.90. The third-order valence-electron chi connectivity index (χ3n) is 5.32. The number of benzene rings is 2. The first-order chi connectivity index (χ1) is 15.5. The number of carbonyl (C=O) groups is 1. The van der Waals surface area contributed by atoms with Crippen molar-refractivity contribution in [2.75, 3.05) is 27.9 Å². The zero-order valence-corrected chi connectivity index (χ0v) is 19.6. The first-order valence-electron chi connectivity index (χ1n) is 10.1. The first-order valence-corrected chi connectivity index (χ1v) is 11.4. The van der Waals surface area contributed by atoms with E-state index in [9.17, 15) is 4.79 Å². The van der Waals surface area contributed by atoms with Gasteiger partial charge in [0.05, 0.1) is 39.3 Å². The van der Waals surface area contributed by atoms with E-state index in [1.165, 1.54) is 0 Å². The van der Waals surface area contributed by atoms with Gasteiger partial charge in [0.15, 0.2) is 11.5 Å². The van der Waals surface area contributed by atoms with Gasteiger partial charge in [-0.1, -0.05) is 11.6 Å². The van der Waals surface area contributed by atoms with Gasteiger partial charge in [0, 0.05) is 12.0 Å². The Morgan fingerprint density at radius 2 is 1.88 bits per heavy atom. The van der Waals surface area contributed by atoms with Gasteiger partial charge in [-0.25, -0.2) is 0 Å². The maximum atomic E-state index is 12.6. The fourth-order valence-electron chi connectivity index (χ4n) is 3.81. The van der Waals surface area contributed by atoms with Gasteiger partial charge in [0.2, 0.25) is 11.7 Å². The zero-order chi connectivity index (χ0) is 22.7. The molecule has 8 heteroatoms. The molecule has 1 amide bonds. The van der Waals surface area contributed by atoms with Crippen LogP contribution in [-0.4, -0.2) is 39.9 Å². The number of carbonyl (C=O) groups excluding carboxylic acids is 1. The molecule has 0 bridgehead atoms. The maximum Gasteiger partial charge on any atom is 0.224 e. The van der Waals surface area contributed by atoms with Crippen LogP contribution in [0.5, 0.6) is 23.0 Å². The molecule has 0 saturated carbocycles. The summed E-state index contributed by atoms with van der Waals surface area (Å²) in [5.41, 5.74) is 4.03. The van der Waals surface area contributed by atoms with Gasteiger partial charge in [-0.05, 0) is 57.8 Å². The van der Waals surface area contributed by atoms with Crippen molar-refractivity contribution < 1.29 is 23.7 Å². The van der Waals surface area contributed by atoms with Gasteiger partial charge in [0.1, 0.15) is 11.9 Å². The van der Waals surface area contributed by atoms with Crippen molar-refractivity contribution in [3.63, 3.8) is 0 Å². The molecule has 0 radical (unpaired) electrons. The Balaban J connectivity index is 1.38.